The third-order valence-corrected chi connectivity index (χ3v) is 3.86. The summed E-state index contributed by atoms with van der Waals surface area (Å²) >= 11 is 1.73. The average molecular weight is 246 g/mol. The van der Waals surface area contributed by atoms with Gasteiger partial charge in [-0.3, -0.25) is 0 Å². The largest absolute Gasteiger partial charge is 0.396 e. The number of thiophene rings is 1. The van der Waals surface area contributed by atoms with Crippen molar-refractivity contribution in [3.8, 4) is 0 Å². The summed E-state index contributed by atoms with van der Waals surface area (Å²) in [4.78, 5) is 0. The molecule has 0 spiro atoms. The molecule has 2 heteroatoms. The molecule has 0 aliphatic rings. The molecule has 1 unspecified atom stereocenters. The molecule has 2 aromatic rings. The predicted octanol–water partition coefficient (Wildman–Crippen LogP) is 3.77. The second-order valence-electron chi connectivity index (χ2n) is 4.46. The molecular weight excluding hydrogens is 228 g/mol. The topological polar surface area (TPSA) is 20.2 Å². The Kier molecular flexibility index (Phi) is 4.35. The van der Waals surface area contributed by atoms with Gasteiger partial charge in [0.2, 0.25) is 0 Å². The molecule has 1 heterocycles. The number of hydrogen-bond acceptors (Lipinski definition) is 2. The summed E-state index contributed by atoms with van der Waals surface area (Å²) in [5.74, 6) is 0.260. The van der Waals surface area contributed by atoms with Crippen LogP contribution in [0.3, 0.4) is 0 Å². The lowest BCUT2D eigenvalue weighted by Gasteiger charge is -2.14. The van der Waals surface area contributed by atoms with E-state index >= 15 is 0 Å². The third-order valence-electron chi connectivity index (χ3n) is 3.13. The van der Waals surface area contributed by atoms with Crippen LogP contribution in [0.15, 0.2) is 41.1 Å². The number of hydrogen-bond donors (Lipinski definition) is 1. The monoisotopic (exact) mass is 246 g/mol. The summed E-state index contributed by atoms with van der Waals surface area (Å²) in [6.07, 6.45) is 2.05. The predicted molar refractivity (Wildman–Crippen MR) is 73.6 cm³/mol. The zero-order valence-electron chi connectivity index (χ0n) is 10.1. The fourth-order valence-electron chi connectivity index (χ4n) is 1.98. The summed E-state index contributed by atoms with van der Waals surface area (Å²) in [5, 5.41) is 13.8. The van der Waals surface area contributed by atoms with E-state index in [0.29, 0.717) is 0 Å². The second kappa shape index (κ2) is 5.99. The van der Waals surface area contributed by atoms with Crippen LogP contribution < -0.4 is 0 Å². The van der Waals surface area contributed by atoms with Gasteiger partial charge in [0.1, 0.15) is 0 Å². The van der Waals surface area contributed by atoms with Gasteiger partial charge in [-0.25, -0.2) is 0 Å². The molecule has 1 aromatic heterocycles. The Morgan fingerprint density at radius 1 is 1.18 bits per heavy atom. The Balaban J connectivity index is 1.99. The minimum absolute atomic E-state index is 0.229. The summed E-state index contributed by atoms with van der Waals surface area (Å²) in [6.45, 7) is 2.32. The SMILES string of the molecule is Cc1ccc(C(CO)CCc2ccsc2)cc1. The highest BCUT2D eigenvalue weighted by Gasteiger charge is 2.10. The van der Waals surface area contributed by atoms with Crippen LogP contribution in [0, 0.1) is 6.92 Å². The van der Waals surface area contributed by atoms with Crippen molar-refractivity contribution in [1.82, 2.24) is 0 Å². The van der Waals surface area contributed by atoms with Crippen LogP contribution in [0.4, 0.5) is 0 Å². The standard InChI is InChI=1S/C15H18OS/c1-12-2-5-14(6-3-12)15(10-16)7-4-13-8-9-17-11-13/h2-3,5-6,8-9,11,15-16H,4,7,10H2,1H3. The smallest absolute Gasteiger partial charge is 0.0499 e. The average Bonchev–Trinajstić information content (AvgIpc) is 2.85. The fourth-order valence-corrected chi connectivity index (χ4v) is 2.68. The van der Waals surface area contributed by atoms with Crippen LogP contribution in [-0.2, 0) is 6.42 Å². The first-order valence-corrected chi connectivity index (χ1v) is 6.92. The van der Waals surface area contributed by atoms with Crippen molar-refractivity contribution in [2.24, 2.45) is 0 Å². The van der Waals surface area contributed by atoms with E-state index in [4.69, 9.17) is 0 Å². The zero-order chi connectivity index (χ0) is 12.1. The van der Waals surface area contributed by atoms with Crippen LogP contribution in [0.2, 0.25) is 0 Å². The molecular formula is C15H18OS. The first-order chi connectivity index (χ1) is 8.29. The Hall–Kier alpha value is -1.12. The van der Waals surface area contributed by atoms with E-state index in [-0.39, 0.29) is 12.5 Å². The summed E-state index contributed by atoms with van der Waals surface area (Å²) < 4.78 is 0. The molecule has 0 fully saturated rings. The molecule has 2 rings (SSSR count). The molecule has 0 aliphatic heterocycles. The van der Waals surface area contributed by atoms with E-state index in [9.17, 15) is 5.11 Å². The van der Waals surface area contributed by atoms with Crippen LogP contribution in [0.25, 0.3) is 0 Å². The molecule has 90 valence electrons. The number of benzene rings is 1. The normalized spacial score (nSPS) is 12.6. The highest BCUT2D eigenvalue weighted by molar-refractivity contribution is 7.07. The van der Waals surface area contributed by atoms with Gasteiger partial charge < -0.3 is 5.11 Å². The molecule has 0 radical (unpaired) electrons. The highest BCUT2D eigenvalue weighted by atomic mass is 32.1. The summed E-state index contributed by atoms with van der Waals surface area (Å²) in [6, 6.07) is 10.6. The van der Waals surface area contributed by atoms with E-state index in [1.807, 2.05) is 0 Å². The minimum atomic E-state index is 0.229. The molecule has 0 saturated heterocycles. The third kappa shape index (κ3) is 3.42. The molecule has 1 N–H and O–H groups in total. The Bertz CT molecular complexity index is 430. The number of aliphatic hydroxyl groups excluding tert-OH is 1. The maximum atomic E-state index is 9.48. The van der Waals surface area contributed by atoms with Crippen molar-refractivity contribution < 1.29 is 5.11 Å². The number of aryl methyl sites for hydroxylation is 2. The fraction of sp³-hybridized carbons (Fsp3) is 0.333. The van der Waals surface area contributed by atoms with Crippen LogP contribution in [-0.4, -0.2) is 11.7 Å². The van der Waals surface area contributed by atoms with Crippen molar-refractivity contribution in [3.05, 3.63) is 57.8 Å². The summed E-state index contributed by atoms with van der Waals surface area (Å²) in [5.41, 5.74) is 3.89. The highest BCUT2D eigenvalue weighted by Crippen LogP contribution is 2.22. The first-order valence-electron chi connectivity index (χ1n) is 5.98. The molecule has 1 aromatic carbocycles. The van der Waals surface area contributed by atoms with E-state index in [1.165, 1.54) is 16.7 Å². The molecule has 0 saturated carbocycles. The van der Waals surface area contributed by atoms with Gasteiger partial charge in [0.25, 0.3) is 0 Å². The van der Waals surface area contributed by atoms with Gasteiger partial charge in [-0.05, 0) is 47.7 Å². The molecule has 1 nitrogen and oxygen atoms in total. The Morgan fingerprint density at radius 3 is 2.53 bits per heavy atom. The van der Waals surface area contributed by atoms with Crippen LogP contribution >= 0.6 is 11.3 Å². The van der Waals surface area contributed by atoms with E-state index < -0.39 is 0 Å². The molecule has 0 bridgehead atoms. The van der Waals surface area contributed by atoms with Gasteiger partial charge in [0, 0.05) is 12.5 Å². The number of aliphatic hydroxyl groups is 1. The van der Waals surface area contributed by atoms with E-state index in [0.717, 1.165) is 12.8 Å². The van der Waals surface area contributed by atoms with Gasteiger partial charge in [0.05, 0.1) is 0 Å². The molecule has 0 amide bonds. The zero-order valence-corrected chi connectivity index (χ0v) is 10.9. The molecule has 0 aliphatic carbocycles. The number of rotatable bonds is 5. The van der Waals surface area contributed by atoms with Crippen molar-refractivity contribution in [1.29, 1.82) is 0 Å². The van der Waals surface area contributed by atoms with Gasteiger partial charge >= 0.3 is 0 Å². The van der Waals surface area contributed by atoms with Crippen molar-refractivity contribution in [2.45, 2.75) is 25.7 Å². The lowest BCUT2D eigenvalue weighted by molar-refractivity contribution is 0.259. The molecule has 17 heavy (non-hydrogen) atoms. The second-order valence-corrected chi connectivity index (χ2v) is 5.24. The molecule has 1 atom stereocenters. The summed E-state index contributed by atoms with van der Waals surface area (Å²) in [7, 11) is 0. The van der Waals surface area contributed by atoms with Crippen molar-refractivity contribution in [2.75, 3.05) is 6.61 Å². The van der Waals surface area contributed by atoms with E-state index in [1.54, 1.807) is 11.3 Å². The van der Waals surface area contributed by atoms with Crippen LogP contribution in [0.1, 0.15) is 29.0 Å². The van der Waals surface area contributed by atoms with Gasteiger partial charge in [-0.1, -0.05) is 29.8 Å². The minimum Gasteiger partial charge on any atom is -0.396 e. The Morgan fingerprint density at radius 2 is 1.94 bits per heavy atom. The van der Waals surface area contributed by atoms with Gasteiger partial charge in [-0.15, -0.1) is 0 Å². The van der Waals surface area contributed by atoms with E-state index in [2.05, 4.69) is 48.0 Å². The maximum absolute atomic E-state index is 9.48. The van der Waals surface area contributed by atoms with Crippen molar-refractivity contribution in [3.63, 3.8) is 0 Å². The van der Waals surface area contributed by atoms with Crippen molar-refractivity contribution >= 4 is 11.3 Å². The lowest BCUT2D eigenvalue weighted by Crippen LogP contribution is -2.05. The van der Waals surface area contributed by atoms with Crippen LogP contribution in [0.5, 0.6) is 0 Å². The van der Waals surface area contributed by atoms with Gasteiger partial charge in [-0.2, -0.15) is 11.3 Å². The lowest BCUT2D eigenvalue weighted by atomic mass is 9.93. The maximum Gasteiger partial charge on any atom is 0.0499 e. The Labute approximate surface area is 107 Å². The quantitative estimate of drug-likeness (QED) is 0.851. The first kappa shape index (κ1) is 12.3. The van der Waals surface area contributed by atoms with Gasteiger partial charge in [0.15, 0.2) is 0 Å².